The van der Waals surface area contributed by atoms with Gasteiger partial charge < -0.3 is 19.8 Å². The topological polar surface area (TPSA) is 92.4 Å². The number of hydrogen-bond acceptors (Lipinski definition) is 8. The maximum atomic E-state index is 9.50. The second kappa shape index (κ2) is 9.05. The van der Waals surface area contributed by atoms with E-state index in [1.165, 1.54) is 0 Å². The van der Waals surface area contributed by atoms with Crippen molar-refractivity contribution < 1.29 is 5.11 Å². The Morgan fingerprint density at radius 3 is 2.59 bits per heavy atom. The van der Waals surface area contributed by atoms with Crippen LogP contribution in [0, 0.1) is 17.2 Å². The number of aliphatic hydroxyl groups is 1. The van der Waals surface area contributed by atoms with Gasteiger partial charge in [-0.1, -0.05) is 0 Å². The Hall–Kier alpha value is -2.92. The number of rotatable bonds is 4. The van der Waals surface area contributed by atoms with E-state index >= 15 is 0 Å². The van der Waals surface area contributed by atoms with E-state index in [4.69, 9.17) is 0 Å². The Kier molecular flexibility index (Phi) is 6.06. The number of aromatic nitrogens is 3. The van der Waals surface area contributed by atoms with Gasteiger partial charge >= 0.3 is 0 Å². The molecule has 0 spiro atoms. The van der Waals surface area contributed by atoms with E-state index in [2.05, 4.69) is 41.8 Å². The van der Waals surface area contributed by atoms with Gasteiger partial charge in [0, 0.05) is 58.1 Å². The summed E-state index contributed by atoms with van der Waals surface area (Å²) >= 11 is 0. The SMILES string of the molecule is N#Cc1cccnc1N1CCCN(c2cc(N3CCCC(CO)C3)ncn2)CC1. The lowest BCUT2D eigenvalue weighted by molar-refractivity contribution is 0.208. The molecule has 29 heavy (non-hydrogen) atoms. The highest BCUT2D eigenvalue weighted by Crippen LogP contribution is 2.25. The van der Waals surface area contributed by atoms with Crippen LogP contribution < -0.4 is 14.7 Å². The van der Waals surface area contributed by atoms with E-state index in [1.807, 2.05) is 6.07 Å². The third kappa shape index (κ3) is 4.40. The maximum absolute atomic E-state index is 9.50. The monoisotopic (exact) mass is 393 g/mol. The van der Waals surface area contributed by atoms with E-state index in [0.29, 0.717) is 11.5 Å². The second-order valence-electron chi connectivity index (χ2n) is 7.69. The van der Waals surface area contributed by atoms with Crippen molar-refractivity contribution in [2.75, 3.05) is 60.6 Å². The lowest BCUT2D eigenvalue weighted by Gasteiger charge is -2.33. The second-order valence-corrected chi connectivity index (χ2v) is 7.69. The zero-order valence-corrected chi connectivity index (χ0v) is 16.6. The minimum atomic E-state index is 0.231. The first-order valence-corrected chi connectivity index (χ1v) is 10.3. The van der Waals surface area contributed by atoms with Gasteiger partial charge in [-0.3, -0.25) is 0 Å². The number of hydrogen-bond donors (Lipinski definition) is 1. The summed E-state index contributed by atoms with van der Waals surface area (Å²) in [6, 6.07) is 7.93. The van der Waals surface area contributed by atoms with Crippen molar-refractivity contribution in [2.24, 2.45) is 5.92 Å². The molecule has 4 heterocycles. The summed E-state index contributed by atoms with van der Waals surface area (Å²) in [5.74, 6) is 2.96. The van der Waals surface area contributed by atoms with Gasteiger partial charge in [-0.2, -0.15) is 5.26 Å². The molecule has 2 aliphatic heterocycles. The van der Waals surface area contributed by atoms with Crippen molar-refractivity contribution in [1.29, 1.82) is 5.26 Å². The Morgan fingerprint density at radius 2 is 1.76 bits per heavy atom. The molecule has 8 nitrogen and oxygen atoms in total. The van der Waals surface area contributed by atoms with E-state index in [1.54, 1.807) is 18.6 Å². The maximum Gasteiger partial charge on any atom is 0.146 e. The number of nitriles is 1. The van der Waals surface area contributed by atoms with Gasteiger partial charge in [-0.15, -0.1) is 0 Å². The van der Waals surface area contributed by atoms with Crippen molar-refractivity contribution in [1.82, 2.24) is 15.0 Å². The molecule has 2 aromatic heterocycles. The van der Waals surface area contributed by atoms with E-state index < -0.39 is 0 Å². The average Bonchev–Trinajstić information content (AvgIpc) is 3.05. The quantitative estimate of drug-likeness (QED) is 0.839. The lowest BCUT2D eigenvalue weighted by atomic mass is 9.99. The van der Waals surface area contributed by atoms with Crippen LogP contribution in [-0.2, 0) is 0 Å². The number of piperidine rings is 1. The molecule has 0 bridgehead atoms. The summed E-state index contributed by atoms with van der Waals surface area (Å²) in [5.41, 5.74) is 0.619. The molecule has 0 amide bonds. The van der Waals surface area contributed by atoms with Gasteiger partial charge in [0.25, 0.3) is 0 Å². The molecule has 2 saturated heterocycles. The number of anilines is 3. The van der Waals surface area contributed by atoms with Crippen LogP contribution in [0.4, 0.5) is 17.5 Å². The first kappa shape index (κ1) is 19.4. The lowest BCUT2D eigenvalue weighted by Crippen LogP contribution is -2.37. The van der Waals surface area contributed by atoms with Crippen LogP contribution in [0.25, 0.3) is 0 Å². The summed E-state index contributed by atoms with van der Waals surface area (Å²) in [5, 5.41) is 18.9. The molecular formula is C21H27N7O. The molecule has 1 atom stereocenters. The van der Waals surface area contributed by atoms with Crippen LogP contribution in [0.15, 0.2) is 30.7 Å². The van der Waals surface area contributed by atoms with Crippen molar-refractivity contribution >= 4 is 17.5 Å². The van der Waals surface area contributed by atoms with E-state index in [9.17, 15) is 10.4 Å². The fourth-order valence-corrected chi connectivity index (χ4v) is 4.20. The molecule has 1 unspecified atom stereocenters. The normalized spacial score (nSPS) is 20.3. The molecule has 1 N–H and O–H groups in total. The van der Waals surface area contributed by atoms with E-state index in [-0.39, 0.29) is 6.61 Å². The summed E-state index contributed by atoms with van der Waals surface area (Å²) in [7, 11) is 0. The molecular weight excluding hydrogens is 366 g/mol. The van der Waals surface area contributed by atoms with Crippen LogP contribution in [0.2, 0.25) is 0 Å². The number of nitrogens with zero attached hydrogens (tertiary/aromatic N) is 7. The first-order chi connectivity index (χ1) is 14.3. The third-order valence-electron chi connectivity index (χ3n) is 5.77. The minimum Gasteiger partial charge on any atom is -0.396 e. The van der Waals surface area contributed by atoms with Crippen LogP contribution >= 0.6 is 0 Å². The Balaban J connectivity index is 1.46. The van der Waals surface area contributed by atoms with Gasteiger partial charge in [-0.05, 0) is 37.3 Å². The Labute approximate surface area is 171 Å². The molecule has 0 aromatic carbocycles. The van der Waals surface area contributed by atoms with Crippen LogP contribution in [0.1, 0.15) is 24.8 Å². The Bertz CT molecular complexity index is 868. The van der Waals surface area contributed by atoms with Crippen LogP contribution in [0.3, 0.4) is 0 Å². The van der Waals surface area contributed by atoms with Gasteiger partial charge in [0.2, 0.25) is 0 Å². The van der Waals surface area contributed by atoms with Gasteiger partial charge in [-0.25, -0.2) is 15.0 Å². The largest absolute Gasteiger partial charge is 0.396 e. The predicted octanol–water partition coefficient (Wildman–Crippen LogP) is 1.67. The zero-order chi connectivity index (χ0) is 20.1. The van der Waals surface area contributed by atoms with Gasteiger partial charge in [0.15, 0.2) is 0 Å². The summed E-state index contributed by atoms with van der Waals surface area (Å²) in [6.07, 6.45) is 6.51. The van der Waals surface area contributed by atoms with Crippen LogP contribution in [0.5, 0.6) is 0 Å². The summed E-state index contributed by atoms with van der Waals surface area (Å²) in [6.45, 7) is 5.42. The summed E-state index contributed by atoms with van der Waals surface area (Å²) < 4.78 is 0. The highest BCUT2D eigenvalue weighted by molar-refractivity contribution is 5.55. The average molecular weight is 393 g/mol. The minimum absolute atomic E-state index is 0.231. The highest BCUT2D eigenvalue weighted by atomic mass is 16.3. The molecule has 2 fully saturated rings. The smallest absolute Gasteiger partial charge is 0.146 e. The van der Waals surface area contributed by atoms with Crippen molar-refractivity contribution in [2.45, 2.75) is 19.3 Å². The molecule has 2 aromatic rings. The first-order valence-electron chi connectivity index (χ1n) is 10.3. The molecule has 8 heteroatoms. The van der Waals surface area contributed by atoms with Crippen molar-refractivity contribution in [3.8, 4) is 6.07 Å². The highest BCUT2D eigenvalue weighted by Gasteiger charge is 2.23. The zero-order valence-electron chi connectivity index (χ0n) is 16.6. The molecule has 4 rings (SSSR count). The molecule has 0 aliphatic carbocycles. The molecule has 0 saturated carbocycles. The Morgan fingerprint density at radius 1 is 1.00 bits per heavy atom. The van der Waals surface area contributed by atoms with E-state index in [0.717, 1.165) is 76.0 Å². The molecule has 0 radical (unpaired) electrons. The predicted molar refractivity (Wildman–Crippen MR) is 112 cm³/mol. The summed E-state index contributed by atoms with van der Waals surface area (Å²) in [4.78, 5) is 20.2. The molecule has 2 aliphatic rings. The fourth-order valence-electron chi connectivity index (χ4n) is 4.20. The van der Waals surface area contributed by atoms with Gasteiger partial charge in [0.1, 0.15) is 29.9 Å². The number of pyridine rings is 1. The van der Waals surface area contributed by atoms with Crippen molar-refractivity contribution in [3.63, 3.8) is 0 Å². The molecule has 152 valence electrons. The standard InChI is InChI=1S/C21H27N7O/c22-13-18-5-1-6-23-21(18)27-9-3-8-26(10-11-27)19-12-20(25-16-24-19)28-7-2-4-17(14-28)15-29/h1,5-6,12,16-17,29H,2-4,7-11,14-15H2. The third-order valence-corrected chi connectivity index (χ3v) is 5.77. The van der Waals surface area contributed by atoms with Crippen molar-refractivity contribution in [3.05, 3.63) is 36.3 Å². The van der Waals surface area contributed by atoms with Gasteiger partial charge in [0.05, 0.1) is 5.56 Å². The number of aliphatic hydroxyl groups excluding tert-OH is 1. The van der Waals surface area contributed by atoms with Crippen LogP contribution in [-0.4, -0.2) is 65.9 Å². The fraction of sp³-hybridized carbons (Fsp3) is 0.524.